The van der Waals surface area contributed by atoms with Crippen LogP contribution in [0.3, 0.4) is 0 Å². The topological polar surface area (TPSA) is 18.5 Å². The van der Waals surface area contributed by atoms with Crippen molar-refractivity contribution in [2.45, 2.75) is 52.1 Å². The molecule has 0 N–H and O–H groups in total. The number of hydrogen-bond donors (Lipinski definition) is 0. The standard InChI is InChI=1S/C14H20O2/c1-8-10-6-5-7-11(10)9(2)13-12(8)15-14(3,4)16-13/h5-6,8-9,12-13H,7H2,1-4H3/t8-,9-,12-,13+/m1/s1. The lowest BCUT2D eigenvalue weighted by atomic mass is 9.75. The zero-order valence-electron chi connectivity index (χ0n) is 10.5. The third-order valence-corrected chi connectivity index (χ3v) is 4.20. The summed E-state index contributed by atoms with van der Waals surface area (Å²) in [5, 5.41) is 0. The van der Waals surface area contributed by atoms with E-state index < -0.39 is 5.79 Å². The Labute approximate surface area is 97.3 Å². The average Bonchev–Trinajstić information content (AvgIpc) is 2.78. The maximum atomic E-state index is 6.06. The average molecular weight is 220 g/mol. The van der Waals surface area contributed by atoms with Crippen molar-refractivity contribution in [1.82, 2.24) is 0 Å². The lowest BCUT2D eigenvalue weighted by molar-refractivity contribution is -0.150. The van der Waals surface area contributed by atoms with Crippen LogP contribution in [0.15, 0.2) is 23.3 Å². The summed E-state index contributed by atoms with van der Waals surface area (Å²) in [4.78, 5) is 0. The van der Waals surface area contributed by atoms with E-state index >= 15 is 0 Å². The van der Waals surface area contributed by atoms with Crippen molar-refractivity contribution in [1.29, 1.82) is 0 Å². The van der Waals surface area contributed by atoms with Gasteiger partial charge in [-0.25, -0.2) is 0 Å². The minimum Gasteiger partial charge on any atom is -0.344 e. The van der Waals surface area contributed by atoms with Crippen LogP contribution in [0.5, 0.6) is 0 Å². The van der Waals surface area contributed by atoms with Crippen LogP contribution < -0.4 is 0 Å². The molecule has 2 heteroatoms. The van der Waals surface area contributed by atoms with Crippen LogP contribution in [-0.4, -0.2) is 18.0 Å². The van der Waals surface area contributed by atoms with E-state index in [4.69, 9.17) is 9.47 Å². The van der Waals surface area contributed by atoms with Gasteiger partial charge in [-0.15, -0.1) is 0 Å². The fourth-order valence-electron chi connectivity index (χ4n) is 3.40. The van der Waals surface area contributed by atoms with E-state index in [9.17, 15) is 0 Å². The van der Waals surface area contributed by atoms with Gasteiger partial charge in [0, 0.05) is 11.8 Å². The Morgan fingerprint density at radius 1 is 1.12 bits per heavy atom. The minimum atomic E-state index is -0.415. The highest BCUT2D eigenvalue weighted by Gasteiger charge is 2.50. The van der Waals surface area contributed by atoms with Gasteiger partial charge < -0.3 is 9.47 Å². The molecule has 0 aromatic rings. The monoisotopic (exact) mass is 220 g/mol. The predicted octanol–water partition coefficient (Wildman–Crippen LogP) is 3.05. The van der Waals surface area contributed by atoms with Gasteiger partial charge in [0.05, 0.1) is 12.2 Å². The molecule has 1 heterocycles. The first-order valence-corrected chi connectivity index (χ1v) is 6.25. The van der Waals surface area contributed by atoms with E-state index in [1.54, 1.807) is 5.57 Å². The minimum absolute atomic E-state index is 0.228. The zero-order valence-corrected chi connectivity index (χ0v) is 10.5. The molecule has 1 aliphatic heterocycles. The number of ether oxygens (including phenoxy) is 2. The van der Waals surface area contributed by atoms with E-state index in [0.717, 1.165) is 6.42 Å². The molecule has 4 atom stereocenters. The molecular weight excluding hydrogens is 200 g/mol. The van der Waals surface area contributed by atoms with Crippen molar-refractivity contribution in [3.63, 3.8) is 0 Å². The number of allylic oxidation sites excluding steroid dienone is 2. The van der Waals surface area contributed by atoms with Crippen molar-refractivity contribution in [2.24, 2.45) is 11.8 Å². The lowest BCUT2D eigenvalue weighted by Crippen LogP contribution is -2.40. The van der Waals surface area contributed by atoms with E-state index in [1.807, 2.05) is 13.8 Å². The van der Waals surface area contributed by atoms with Crippen molar-refractivity contribution < 1.29 is 9.47 Å². The molecule has 2 aliphatic carbocycles. The highest BCUT2D eigenvalue weighted by molar-refractivity contribution is 5.40. The fraction of sp³-hybridized carbons (Fsp3) is 0.714. The summed E-state index contributed by atoms with van der Waals surface area (Å²) < 4.78 is 12.1. The molecule has 0 aromatic carbocycles. The van der Waals surface area contributed by atoms with Gasteiger partial charge in [0.2, 0.25) is 0 Å². The van der Waals surface area contributed by atoms with Crippen LogP contribution in [0.4, 0.5) is 0 Å². The number of rotatable bonds is 0. The summed E-state index contributed by atoms with van der Waals surface area (Å²) in [6, 6.07) is 0. The summed E-state index contributed by atoms with van der Waals surface area (Å²) in [5.74, 6) is 0.547. The summed E-state index contributed by atoms with van der Waals surface area (Å²) in [6.45, 7) is 8.58. The molecule has 1 saturated heterocycles. The summed E-state index contributed by atoms with van der Waals surface area (Å²) in [6.07, 6.45) is 6.12. The van der Waals surface area contributed by atoms with Gasteiger partial charge in [-0.2, -0.15) is 0 Å². The van der Waals surface area contributed by atoms with Crippen LogP contribution in [0.25, 0.3) is 0 Å². The number of hydrogen-bond acceptors (Lipinski definition) is 2. The van der Waals surface area contributed by atoms with Crippen molar-refractivity contribution in [3.05, 3.63) is 23.3 Å². The Hall–Kier alpha value is -0.600. The lowest BCUT2D eigenvalue weighted by Gasteiger charge is -2.35. The highest BCUT2D eigenvalue weighted by Crippen LogP contribution is 2.47. The first kappa shape index (κ1) is 10.5. The van der Waals surface area contributed by atoms with Gasteiger partial charge >= 0.3 is 0 Å². The van der Waals surface area contributed by atoms with Gasteiger partial charge in [0.25, 0.3) is 0 Å². The Bertz CT molecular complexity index is 378. The van der Waals surface area contributed by atoms with E-state index in [1.165, 1.54) is 5.57 Å². The molecule has 3 rings (SSSR count). The second kappa shape index (κ2) is 3.21. The van der Waals surface area contributed by atoms with Crippen LogP contribution in [-0.2, 0) is 9.47 Å². The largest absolute Gasteiger partial charge is 0.344 e. The van der Waals surface area contributed by atoms with Gasteiger partial charge in [-0.05, 0) is 25.8 Å². The Balaban J connectivity index is 1.98. The molecule has 1 fully saturated rings. The smallest absolute Gasteiger partial charge is 0.163 e. The van der Waals surface area contributed by atoms with Crippen molar-refractivity contribution >= 4 is 0 Å². The Morgan fingerprint density at radius 2 is 1.75 bits per heavy atom. The zero-order chi connectivity index (χ0) is 11.5. The molecule has 0 amide bonds. The third-order valence-electron chi connectivity index (χ3n) is 4.20. The van der Waals surface area contributed by atoms with E-state index in [-0.39, 0.29) is 12.2 Å². The molecule has 0 spiro atoms. The van der Waals surface area contributed by atoms with E-state index in [2.05, 4.69) is 26.0 Å². The van der Waals surface area contributed by atoms with E-state index in [0.29, 0.717) is 11.8 Å². The normalized spacial score (nSPS) is 44.8. The molecule has 0 saturated carbocycles. The maximum Gasteiger partial charge on any atom is 0.163 e. The molecule has 0 unspecified atom stereocenters. The van der Waals surface area contributed by atoms with Gasteiger partial charge in [0.15, 0.2) is 5.79 Å². The molecule has 0 aromatic heterocycles. The van der Waals surface area contributed by atoms with Crippen LogP contribution >= 0.6 is 0 Å². The van der Waals surface area contributed by atoms with Crippen LogP contribution in [0, 0.1) is 11.8 Å². The summed E-state index contributed by atoms with van der Waals surface area (Å²) in [7, 11) is 0. The fourth-order valence-corrected chi connectivity index (χ4v) is 3.40. The van der Waals surface area contributed by atoms with Gasteiger partial charge in [-0.3, -0.25) is 0 Å². The molecule has 0 radical (unpaired) electrons. The molecule has 88 valence electrons. The molecule has 0 bridgehead atoms. The first-order valence-electron chi connectivity index (χ1n) is 6.25. The molecule has 16 heavy (non-hydrogen) atoms. The number of fused-ring (bicyclic) bond motifs is 1. The Kier molecular flexibility index (Phi) is 2.11. The van der Waals surface area contributed by atoms with Gasteiger partial charge in [0.1, 0.15) is 0 Å². The Morgan fingerprint density at radius 3 is 2.44 bits per heavy atom. The predicted molar refractivity (Wildman–Crippen MR) is 62.9 cm³/mol. The van der Waals surface area contributed by atoms with Crippen LogP contribution in [0.1, 0.15) is 34.1 Å². The SMILES string of the molecule is C[C@@H]1C2=C(C=CC2)[C@@H](C)[C@H]2OC(C)(C)O[C@H]21. The van der Waals surface area contributed by atoms with Gasteiger partial charge in [-0.1, -0.05) is 31.6 Å². The first-order chi connectivity index (χ1) is 7.49. The van der Waals surface area contributed by atoms with Crippen molar-refractivity contribution in [2.75, 3.05) is 0 Å². The molecule has 2 nitrogen and oxygen atoms in total. The second-order valence-electron chi connectivity index (χ2n) is 5.73. The third kappa shape index (κ3) is 1.33. The summed E-state index contributed by atoms with van der Waals surface area (Å²) >= 11 is 0. The van der Waals surface area contributed by atoms with Crippen molar-refractivity contribution in [3.8, 4) is 0 Å². The molecular formula is C14H20O2. The quantitative estimate of drug-likeness (QED) is 0.624. The summed E-state index contributed by atoms with van der Waals surface area (Å²) in [5.41, 5.74) is 3.06. The maximum absolute atomic E-state index is 6.06. The van der Waals surface area contributed by atoms with Crippen LogP contribution in [0.2, 0.25) is 0 Å². The second-order valence-corrected chi connectivity index (χ2v) is 5.73. The molecule has 3 aliphatic rings. The highest BCUT2D eigenvalue weighted by atomic mass is 16.8.